The highest BCUT2D eigenvalue weighted by molar-refractivity contribution is 4.92. The summed E-state index contributed by atoms with van der Waals surface area (Å²) in [5.74, 6) is 1.65. The Hall–Kier alpha value is -0.200. The molecule has 4 rings (SSSR count). The summed E-state index contributed by atoms with van der Waals surface area (Å²) in [7, 11) is 6.44. The monoisotopic (exact) mass is 339 g/mol. The van der Waals surface area contributed by atoms with Gasteiger partial charge >= 0.3 is 0 Å². The standard InChI is InChI=1S/C19H35N2O3/c1-20(10-8-14-4-6-16-18(12-14)22-16)24-21(2,3)11-9-15-5-7-17-19(13-15)23-17/h14-19H,4-13H2,1-3H3/q+1/t14?,15?,16?,17?,18?,19-/m0/s1. The normalized spacial score (nSPS) is 41.0. The second-order valence-corrected chi connectivity index (χ2v) is 9.09. The van der Waals surface area contributed by atoms with Crippen molar-refractivity contribution < 1.29 is 19.1 Å². The second kappa shape index (κ2) is 6.84. The van der Waals surface area contributed by atoms with Crippen LogP contribution in [0.2, 0.25) is 0 Å². The molecule has 4 aliphatic rings. The Morgan fingerprint density at radius 3 is 2.04 bits per heavy atom. The lowest BCUT2D eigenvalue weighted by Gasteiger charge is -2.32. The van der Waals surface area contributed by atoms with Gasteiger partial charge in [-0.25, -0.2) is 0 Å². The van der Waals surface area contributed by atoms with Gasteiger partial charge in [0, 0.05) is 20.0 Å². The molecule has 2 aliphatic heterocycles. The molecule has 138 valence electrons. The molecule has 2 saturated heterocycles. The van der Waals surface area contributed by atoms with Crippen molar-refractivity contribution in [1.82, 2.24) is 5.06 Å². The van der Waals surface area contributed by atoms with E-state index < -0.39 is 0 Å². The van der Waals surface area contributed by atoms with Gasteiger partial charge < -0.3 is 9.47 Å². The molecular weight excluding hydrogens is 304 g/mol. The van der Waals surface area contributed by atoms with E-state index in [0.717, 1.165) is 24.9 Å². The SMILES string of the molecule is CN(CCC1CCC2OC2C1)O[N+](C)(C)CCC1CCC2O[C@H]2C1. The maximum absolute atomic E-state index is 6.20. The first-order valence-electron chi connectivity index (χ1n) is 10.0. The summed E-state index contributed by atoms with van der Waals surface area (Å²) < 4.78 is 11.9. The summed E-state index contributed by atoms with van der Waals surface area (Å²) >= 11 is 0. The van der Waals surface area contributed by atoms with Gasteiger partial charge in [0.05, 0.1) is 24.4 Å². The van der Waals surface area contributed by atoms with Crippen LogP contribution in [0.5, 0.6) is 0 Å². The first kappa shape index (κ1) is 17.2. The number of hydrogen-bond donors (Lipinski definition) is 0. The quantitative estimate of drug-likeness (QED) is 0.387. The van der Waals surface area contributed by atoms with Crippen molar-refractivity contribution in [2.45, 2.75) is 75.8 Å². The molecule has 0 aromatic heterocycles. The predicted molar refractivity (Wildman–Crippen MR) is 91.9 cm³/mol. The molecule has 0 bridgehead atoms. The van der Waals surface area contributed by atoms with E-state index in [9.17, 15) is 0 Å². The smallest absolute Gasteiger partial charge is 0.110 e. The molecule has 0 aromatic carbocycles. The van der Waals surface area contributed by atoms with Crippen LogP contribution in [0.25, 0.3) is 0 Å². The topological polar surface area (TPSA) is 37.5 Å². The Labute approximate surface area is 146 Å². The van der Waals surface area contributed by atoms with Crippen LogP contribution in [0.15, 0.2) is 0 Å². The van der Waals surface area contributed by atoms with E-state index in [1.807, 2.05) is 0 Å². The van der Waals surface area contributed by atoms with Crippen molar-refractivity contribution in [1.29, 1.82) is 0 Å². The van der Waals surface area contributed by atoms with E-state index in [1.54, 1.807) is 0 Å². The third-order valence-corrected chi connectivity index (χ3v) is 6.51. The van der Waals surface area contributed by atoms with Gasteiger partial charge in [0.2, 0.25) is 0 Å². The summed E-state index contributed by atoms with van der Waals surface area (Å²) in [5, 5.41) is 2.06. The van der Waals surface area contributed by atoms with Gasteiger partial charge in [-0.3, -0.25) is 0 Å². The number of hydrogen-bond acceptors (Lipinski definition) is 4. The molecule has 0 spiro atoms. The molecule has 5 heteroatoms. The van der Waals surface area contributed by atoms with E-state index in [-0.39, 0.29) is 0 Å². The largest absolute Gasteiger partial charge is 0.370 e. The number of nitrogens with zero attached hydrogens (tertiary/aromatic N) is 2. The van der Waals surface area contributed by atoms with Gasteiger partial charge in [0.15, 0.2) is 0 Å². The van der Waals surface area contributed by atoms with Crippen molar-refractivity contribution in [3.63, 3.8) is 0 Å². The molecule has 5 unspecified atom stereocenters. The van der Waals surface area contributed by atoms with Crippen LogP contribution in [-0.2, 0) is 14.4 Å². The molecule has 0 amide bonds. The minimum absolute atomic E-state index is 0.590. The number of hydroxylamine groups is 5. The zero-order chi connectivity index (χ0) is 16.7. The van der Waals surface area contributed by atoms with Crippen molar-refractivity contribution in [2.24, 2.45) is 11.8 Å². The lowest BCUT2D eigenvalue weighted by Crippen LogP contribution is -2.46. The molecule has 5 nitrogen and oxygen atoms in total. The molecule has 0 aromatic rings. The molecule has 24 heavy (non-hydrogen) atoms. The second-order valence-electron chi connectivity index (χ2n) is 9.09. The molecule has 2 saturated carbocycles. The van der Waals surface area contributed by atoms with Gasteiger partial charge in [-0.15, -0.1) is 10.0 Å². The van der Waals surface area contributed by atoms with Crippen molar-refractivity contribution in [3.05, 3.63) is 0 Å². The first-order chi connectivity index (χ1) is 11.5. The molecule has 2 heterocycles. The minimum Gasteiger partial charge on any atom is -0.370 e. The number of fused-ring (bicyclic) bond motifs is 2. The molecule has 0 radical (unpaired) electrons. The minimum atomic E-state index is 0.590. The Balaban J connectivity index is 1.13. The molecule has 6 atom stereocenters. The van der Waals surface area contributed by atoms with Crippen LogP contribution in [0.4, 0.5) is 0 Å². The summed E-state index contributed by atoms with van der Waals surface area (Å²) in [5.41, 5.74) is 0. The molecule has 2 aliphatic carbocycles. The van der Waals surface area contributed by atoms with Gasteiger partial charge in [-0.05, 0) is 56.8 Å². The third-order valence-electron chi connectivity index (χ3n) is 6.51. The summed E-state index contributed by atoms with van der Waals surface area (Å²) in [4.78, 5) is 6.20. The number of ether oxygens (including phenoxy) is 2. The Kier molecular flexibility index (Phi) is 4.91. The van der Waals surface area contributed by atoms with E-state index in [2.05, 4.69) is 26.2 Å². The zero-order valence-electron chi connectivity index (χ0n) is 15.7. The van der Waals surface area contributed by atoms with Crippen LogP contribution in [-0.4, -0.2) is 68.4 Å². The van der Waals surface area contributed by atoms with Crippen LogP contribution >= 0.6 is 0 Å². The molecule has 0 N–H and O–H groups in total. The lowest BCUT2D eigenvalue weighted by atomic mass is 9.87. The fourth-order valence-corrected chi connectivity index (χ4v) is 4.81. The van der Waals surface area contributed by atoms with Crippen LogP contribution in [0, 0.1) is 11.8 Å². The zero-order valence-corrected chi connectivity index (χ0v) is 15.7. The lowest BCUT2D eigenvalue weighted by molar-refractivity contribution is -1.10. The highest BCUT2D eigenvalue weighted by atomic mass is 16.9. The number of quaternary nitrogens is 1. The predicted octanol–water partition coefficient (Wildman–Crippen LogP) is 2.76. The fraction of sp³-hybridized carbons (Fsp3) is 1.00. The van der Waals surface area contributed by atoms with Gasteiger partial charge in [0.25, 0.3) is 0 Å². The highest BCUT2D eigenvalue weighted by Gasteiger charge is 2.44. The van der Waals surface area contributed by atoms with Gasteiger partial charge in [-0.1, -0.05) is 0 Å². The maximum Gasteiger partial charge on any atom is 0.110 e. The highest BCUT2D eigenvalue weighted by Crippen LogP contribution is 2.41. The van der Waals surface area contributed by atoms with Gasteiger partial charge in [-0.2, -0.15) is 4.65 Å². The Morgan fingerprint density at radius 2 is 1.46 bits per heavy atom. The molecular formula is C19H35N2O3+. The van der Waals surface area contributed by atoms with E-state index in [1.165, 1.54) is 51.4 Å². The van der Waals surface area contributed by atoms with E-state index >= 15 is 0 Å². The average Bonchev–Trinajstić information content (AvgIpc) is 3.43. The number of rotatable bonds is 8. The Bertz CT molecular complexity index is 444. The van der Waals surface area contributed by atoms with Crippen molar-refractivity contribution in [2.75, 3.05) is 34.2 Å². The van der Waals surface area contributed by atoms with Crippen LogP contribution < -0.4 is 0 Å². The van der Waals surface area contributed by atoms with Crippen molar-refractivity contribution in [3.8, 4) is 0 Å². The van der Waals surface area contributed by atoms with E-state index in [4.69, 9.17) is 14.4 Å². The fourth-order valence-electron chi connectivity index (χ4n) is 4.81. The summed E-state index contributed by atoms with van der Waals surface area (Å²) in [6.07, 6.45) is 12.6. The first-order valence-corrected chi connectivity index (χ1v) is 10.0. The van der Waals surface area contributed by atoms with Crippen LogP contribution in [0.3, 0.4) is 0 Å². The molecule has 4 fully saturated rings. The summed E-state index contributed by atoms with van der Waals surface area (Å²) in [6.45, 7) is 2.10. The Morgan fingerprint density at radius 1 is 0.875 bits per heavy atom. The maximum atomic E-state index is 6.20. The third kappa shape index (κ3) is 4.50. The number of epoxide rings is 2. The van der Waals surface area contributed by atoms with Crippen molar-refractivity contribution >= 4 is 0 Å². The van der Waals surface area contributed by atoms with Crippen LogP contribution in [0.1, 0.15) is 51.4 Å². The van der Waals surface area contributed by atoms with Gasteiger partial charge in [0.1, 0.15) is 20.6 Å². The summed E-state index contributed by atoms with van der Waals surface area (Å²) in [6, 6.07) is 0. The van der Waals surface area contributed by atoms with E-state index in [0.29, 0.717) is 29.1 Å². The average molecular weight is 340 g/mol.